The Morgan fingerprint density at radius 2 is 1.86 bits per heavy atom. The fourth-order valence-corrected chi connectivity index (χ4v) is 2.06. The van der Waals surface area contributed by atoms with Crippen LogP contribution in [0.4, 0.5) is 5.69 Å². The van der Waals surface area contributed by atoms with E-state index in [1.807, 2.05) is 31.2 Å². The molecule has 0 spiro atoms. The molecular weight excluding hydrogens is 345 g/mol. The quantitative estimate of drug-likeness (QED) is 0.643. The largest absolute Gasteiger partial charge is 0.362 e. The topological polar surface area (TPSA) is 54.0 Å². The van der Waals surface area contributed by atoms with Gasteiger partial charge in [-0.25, -0.2) is 0 Å². The number of nitrogens with one attached hydrogen (secondary N) is 2. The minimum absolute atomic E-state index is 0.382. The van der Waals surface area contributed by atoms with Crippen molar-refractivity contribution < 1.29 is 4.79 Å². The van der Waals surface area contributed by atoms with Crippen LogP contribution in [0, 0.1) is 6.92 Å². The molecule has 0 unspecified atom stereocenters. The lowest BCUT2D eigenvalue weighted by Gasteiger charge is -2.27. The molecule has 2 aromatic rings. The molecule has 4 nitrogen and oxygen atoms in total. The molecule has 0 aliphatic carbocycles. The lowest BCUT2D eigenvalue weighted by Crippen LogP contribution is -2.49. The van der Waals surface area contributed by atoms with Gasteiger partial charge in [-0.2, -0.15) is 0 Å². The number of hydrogen-bond acceptors (Lipinski definition) is 3. The van der Waals surface area contributed by atoms with Crippen LogP contribution in [0.15, 0.2) is 48.8 Å². The van der Waals surface area contributed by atoms with Crippen LogP contribution in [0.5, 0.6) is 0 Å². The highest BCUT2D eigenvalue weighted by atomic mass is 35.6. The van der Waals surface area contributed by atoms with E-state index in [2.05, 4.69) is 15.6 Å². The normalized spacial score (nSPS) is 12.5. The second-order valence-corrected chi connectivity index (χ2v) is 7.07. The fourth-order valence-electron chi connectivity index (χ4n) is 1.73. The van der Waals surface area contributed by atoms with Gasteiger partial charge in [0.1, 0.15) is 6.17 Å². The molecule has 2 N–H and O–H groups in total. The van der Waals surface area contributed by atoms with E-state index in [-0.39, 0.29) is 5.91 Å². The van der Waals surface area contributed by atoms with E-state index in [0.717, 1.165) is 11.3 Å². The van der Waals surface area contributed by atoms with Gasteiger partial charge >= 0.3 is 0 Å². The molecule has 0 saturated carbocycles. The second-order valence-electron chi connectivity index (χ2n) is 4.70. The maximum atomic E-state index is 12.2. The third-order valence-corrected chi connectivity index (χ3v) is 3.54. The number of alkyl halides is 3. The number of hydrogen-bond donors (Lipinski definition) is 2. The maximum Gasteiger partial charge on any atom is 0.254 e. The number of nitrogens with zero attached hydrogens (tertiary/aromatic N) is 1. The van der Waals surface area contributed by atoms with Crippen LogP contribution < -0.4 is 10.6 Å². The van der Waals surface area contributed by atoms with Crippen LogP contribution in [0.1, 0.15) is 15.9 Å². The molecule has 0 saturated heterocycles. The van der Waals surface area contributed by atoms with Crippen molar-refractivity contribution in [2.75, 3.05) is 5.32 Å². The third-order valence-electron chi connectivity index (χ3n) is 2.89. The van der Waals surface area contributed by atoms with E-state index in [1.54, 1.807) is 18.3 Å². The standard InChI is InChI=1S/C15H14Cl3N3O/c1-10-4-6-12(7-5-10)20-14(15(16,17)18)21-13(22)11-3-2-8-19-9-11/h2-9,14,20H,1H3,(H,21,22)/t14-/m1/s1. The minimum Gasteiger partial charge on any atom is -0.362 e. The SMILES string of the molecule is Cc1ccc(N[C@H](NC(=O)c2cccnc2)C(Cl)(Cl)Cl)cc1. The summed E-state index contributed by atoms with van der Waals surface area (Å²) in [6, 6.07) is 10.8. The molecule has 1 aromatic carbocycles. The Morgan fingerprint density at radius 1 is 1.18 bits per heavy atom. The summed E-state index contributed by atoms with van der Waals surface area (Å²) in [5.74, 6) is -0.385. The first-order chi connectivity index (χ1) is 10.4. The summed E-state index contributed by atoms with van der Waals surface area (Å²) in [6.07, 6.45) is 2.12. The lowest BCUT2D eigenvalue weighted by atomic mass is 10.2. The van der Waals surface area contributed by atoms with Crippen LogP contribution >= 0.6 is 34.8 Å². The minimum atomic E-state index is -1.72. The van der Waals surface area contributed by atoms with Crippen LogP contribution in [0.3, 0.4) is 0 Å². The number of carbonyl (C=O) groups excluding carboxylic acids is 1. The van der Waals surface area contributed by atoms with Crippen LogP contribution in [0.2, 0.25) is 0 Å². The molecule has 0 aliphatic rings. The van der Waals surface area contributed by atoms with Gasteiger partial charge in [0.2, 0.25) is 3.79 Å². The van der Waals surface area contributed by atoms with Gasteiger partial charge in [0.05, 0.1) is 5.56 Å². The Labute approximate surface area is 143 Å². The molecule has 0 bridgehead atoms. The molecule has 1 aromatic heterocycles. The van der Waals surface area contributed by atoms with Crippen molar-refractivity contribution in [3.63, 3.8) is 0 Å². The van der Waals surface area contributed by atoms with Crippen molar-refractivity contribution in [3.05, 3.63) is 59.9 Å². The van der Waals surface area contributed by atoms with Crippen LogP contribution in [-0.4, -0.2) is 20.8 Å². The molecule has 0 aliphatic heterocycles. The van der Waals surface area contributed by atoms with Gasteiger partial charge in [-0.1, -0.05) is 52.5 Å². The van der Waals surface area contributed by atoms with E-state index in [1.165, 1.54) is 6.20 Å². The van der Waals surface area contributed by atoms with Gasteiger partial charge in [-0.3, -0.25) is 9.78 Å². The summed E-state index contributed by atoms with van der Waals surface area (Å²) in [5, 5.41) is 5.65. The first-order valence-electron chi connectivity index (χ1n) is 6.47. The van der Waals surface area contributed by atoms with Crippen molar-refractivity contribution >= 4 is 46.4 Å². The highest BCUT2D eigenvalue weighted by Crippen LogP contribution is 2.31. The zero-order valence-electron chi connectivity index (χ0n) is 11.7. The Hall–Kier alpha value is -1.49. The molecule has 2 rings (SSSR count). The Kier molecular flexibility index (Phi) is 5.51. The summed E-state index contributed by atoms with van der Waals surface area (Å²) in [5.41, 5.74) is 2.22. The van der Waals surface area contributed by atoms with Gasteiger partial charge < -0.3 is 10.6 Å². The molecule has 1 heterocycles. The van der Waals surface area contributed by atoms with Gasteiger partial charge in [0.25, 0.3) is 5.91 Å². The predicted molar refractivity (Wildman–Crippen MR) is 90.6 cm³/mol. The molecular formula is C15H14Cl3N3O. The highest BCUT2D eigenvalue weighted by Gasteiger charge is 2.34. The number of pyridine rings is 1. The Bertz CT molecular complexity index is 627. The molecule has 22 heavy (non-hydrogen) atoms. The van der Waals surface area contributed by atoms with Crippen molar-refractivity contribution in [2.45, 2.75) is 16.9 Å². The molecule has 1 atom stereocenters. The van der Waals surface area contributed by atoms with Gasteiger partial charge in [-0.05, 0) is 31.2 Å². The summed E-state index contributed by atoms with van der Waals surface area (Å²) in [7, 11) is 0. The number of aryl methyl sites for hydroxylation is 1. The van der Waals surface area contributed by atoms with Crippen LogP contribution in [0.25, 0.3) is 0 Å². The molecule has 116 valence electrons. The van der Waals surface area contributed by atoms with E-state index in [4.69, 9.17) is 34.8 Å². The third kappa shape index (κ3) is 4.77. The summed E-state index contributed by atoms with van der Waals surface area (Å²) < 4.78 is -1.72. The molecule has 0 fully saturated rings. The average Bonchev–Trinajstić information content (AvgIpc) is 2.48. The van der Waals surface area contributed by atoms with Gasteiger partial charge in [-0.15, -0.1) is 0 Å². The molecule has 1 amide bonds. The smallest absolute Gasteiger partial charge is 0.254 e. The van der Waals surface area contributed by atoms with Gasteiger partial charge in [0.15, 0.2) is 0 Å². The van der Waals surface area contributed by atoms with Gasteiger partial charge in [0, 0.05) is 18.1 Å². The van der Waals surface area contributed by atoms with E-state index in [9.17, 15) is 4.79 Å². The number of benzene rings is 1. The first-order valence-corrected chi connectivity index (χ1v) is 7.60. The number of aromatic nitrogens is 1. The van der Waals surface area contributed by atoms with Crippen molar-refractivity contribution in [1.29, 1.82) is 0 Å². The van der Waals surface area contributed by atoms with Crippen LogP contribution in [-0.2, 0) is 0 Å². The van der Waals surface area contributed by atoms with E-state index < -0.39 is 9.96 Å². The summed E-state index contributed by atoms with van der Waals surface area (Å²) in [4.78, 5) is 16.1. The summed E-state index contributed by atoms with van der Waals surface area (Å²) in [6.45, 7) is 1.97. The fraction of sp³-hybridized carbons (Fsp3) is 0.200. The maximum absolute atomic E-state index is 12.2. The monoisotopic (exact) mass is 357 g/mol. The number of anilines is 1. The second kappa shape index (κ2) is 7.18. The predicted octanol–water partition coefficient (Wildman–Crippen LogP) is 3.93. The highest BCUT2D eigenvalue weighted by molar-refractivity contribution is 6.68. The van der Waals surface area contributed by atoms with Crippen molar-refractivity contribution in [1.82, 2.24) is 10.3 Å². The number of halogens is 3. The van der Waals surface area contributed by atoms with E-state index >= 15 is 0 Å². The zero-order valence-corrected chi connectivity index (χ0v) is 14.0. The molecule has 0 radical (unpaired) electrons. The molecule has 7 heteroatoms. The van der Waals surface area contributed by atoms with Crippen molar-refractivity contribution in [3.8, 4) is 0 Å². The Balaban J connectivity index is 2.13. The Morgan fingerprint density at radius 3 is 2.41 bits per heavy atom. The lowest BCUT2D eigenvalue weighted by molar-refractivity contribution is 0.0941. The number of carbonyl (C=O) groups is 1. The van der Waals surface area contributed by atoms with E-state index in [0.29, 0.717) is 5.56 Å². The summed E-state index contributed by atoms with van der Waals surface area (Å²) >= 11 is 17.8. The average molecular weight is 359 g/mol. The zero-order chi connectivity index (χ0) is 16.2. The van der Waals surface area contributed by atoms with Crippen molar-refractivity contribution in [2.24, 2.45) is 0 Å². The number of amides is 1. The number of rotatable bonds is 4. The first kappa shape index (κ1) is 16.9.